The highest BCUT2D eigenvalue weighted by Crippen LogP contribution is 2.37. The smallest absolute Gasteiger partial charge is 0.375 e. The normalized spacial score (nSPS) is 17.2. The van der Waals surface area contributed by atoms with Gasteiger partial charge in [-0.15, -0.1) is 0 Å². The van der Waals surface area contributed by atoms with E-state index in [2.05, 4.69) is 35.3 Å². The van der Waals surface area contributed by atoms with Gasteiger partial charge in [-0.1, -0.05) is 0 Å². The molecular weight excluding hydrogens is 615 g/mol. The minimum absolute atomic E-state index is 0.0459. The van der Waals surface area contributed by atoms with Gasteiger partial charge in [-0.05, 0) is 31.7 Å². The Morgan fingerprint density at radius 1 is 1.04 bits per heavy atom. The van der Waals surface area contributed by atoms with Crippen LogP contribution in [0.5, 0.6) is 0 Å². The molecule has 13 nitrogen and oxygen atoms in total. The number of anilines is 2. The maximum Gasteiger partial charge on any atom is 0.419 e. The van der Waals surface area contributed by atoms with E-state index in [0.29, 0.717) is 43.4 Å². The van der Waals surface area contributed by atoms with E-state index < -0.39 is 27.3 Å². The van der Waals surface area contributed by atoms with Crippen LogP contribution in [0.2, 0.25) is 0 Å². The molecule has 0 saturated heterocycles. The fourth-order valence-electron chi connectivity index (χ4n) is 5.15. The number of hydrogen-bond acceptors (Lipinski definition) is 11. The van der Waals surface area contributed by atoms with Crippen LogP contribution < -0.4 is 10.2 Å². The largest absolute Gasteiger partial charge is 0.419 e. The monoisotopic (exact) mass is 645 g/mol. The predicted molar refractivity (Wildman–Crippen MR) is 157 cm³/mol. The van der Waals surface area contributed by atoms with Gasteiger partial charge in [0, 0.05) is 68.4 Å². The highest BCUT2D eigenvalue weighted by Gasteiger charge is 2.36. The van der Waals surface area contributed by atoms with Crippen LogP contribution in [0.25, 0.3) is 22.5 Å². The second kappa shape index (κ2) is 12.8. The van der Waals surface area contributed by atoms with Crippen LogP contribution >= 0.6 is 0 Å². The van der Waals surface area contributed by atoms with E-state index in [1.165, 1.54) is 13.3 Å². The van der Waals surface area contributed by atoms with Gasteiger partial charge >= 0.3 is 6.18 Å². The van der Waals surface area contributed by atoms with E-state index in [1.807, 2.05) is 0 Å². The first kappa shape index (κ1) is 31.9. The van der Waals surface area contributed by atoms with Crippen LogP contribution in [0.3, 0.4) is 0 Å². The summed E-state index contributed by atoms with van der Waals surface area (Å²) in [5.74, 6) is 0.0510. The van der Waals surface area contributed by atoms with Gasteiger partial charge < -0.3 is 10.1 Å². The molecule has 4 heterocycles. The number of carbonyl (C=O) groups excluding carboxylic acids is 1. The summed E-state index contributed by atoms with van der Waals surface area (Å²) in [5, 5.41) is 7.24. The van der Waals surface area contributed by atoms with Crippen molar-refractivity contribution in [2.45, 2.75) is 48.8 Å². The zero-order valence-corrected chi connectivity index (χ0v) is 25.4. The average molecular weight is 646 g/mol. The molecule has 5 rings (SSSR count). The van der Waals surface area contributed by atoms with Crippen LogP contribution in [-0.4, -0.2) is 81.1 Å². The van der Waals surface area contributed by atoms with Gasteiger partial charge in [0.1, 0.15) is 12.2 Å². The number of sulfone groups is 1. The molecule has 0 atom stereocenters. The lowest BCUT2D eigenvalue weighted by Crippen LogP contribution is -2.46. The van der Waals surface area contributed by atoms with Crippen molar-refractivity contribution >= 4 is 27.5 Å². The molecule has 1 aliphatic carbocycles. The SMILES string of the molecule is COCC(=O)N(c1cnc(-c2cnn(C)c2)cn1)[C@H]1CC[C@H](Nc2ncc(C(F)(F)F)c(-c3cncc(S(C)(=O)=O)c3)n2)CC1. The van der Waals surface area contributed by atoms with E-state index in [0.717, 1.165) is 30.3 Å². The molecule has 0 unspecified atom stereocenters. The van der Waals surface area contributed by atoms with E-state index >= 15 is 0 Å². The highest BCUT2D eigenvalue weighted by atomic mass is 32.2. The van der Waals surface area contributed by atoms with Crippen molar-refractivity contribution in [2.75, 3.05) is 30.2 Å². The third-order valence-electron chi connectivity index (χ3n) is 7.33. The Bertz CT molecular complexity index is 1770. The first-order chi connectivity index (χ1) is 21.3. The van der Waals surface area contributed by atoms with Crippen molar-refractivity contribution in [1.29, 1.82) is 0 Å². The van der Waals surface area contributed by atoms with Crippen molar-refractivity contribution in [2.24, 2.45) is 7.05 Å². The number of amides is 1. The Morgan fingerprint density at radius 3 is 2.40 bits per heavy atom. The third kappa shape index (κ3) is 7.42. The molecule has 45 heavy (non-hydrogen) atoms. The molecule has 238 valence electrons. The van der Waals surface area contributed by atoms with Crippen LogP contribution in [0.1, 0.15) is 31.2 Å². The molecule has 1 amide bonds. The summed E-state index contributed by atoms with van der Waals surface area (Å²) in [6.07, 6.45) is 7.78. The zero-order valence-electron chi connectivity index (χ0n) is 24.6. The highest BCUT2D eigenvalue weighted by molar-refractivity contribution is 7.90. The van der Waals surface area contributed by atoms with E-state index in [4.69, 9.17) is 4.74 Å². The molecule has 0 spiro atoms. The number of rotatable bonds is 9. The molecule has 0 bridgehead atoms. The lowest BCUT2D eigenvalue weighted by molar-refractivity contribution is -0.137. The summed E-state index contributed by atoms with van der Waals surface area (Å²) < 4.78 is 72.3. The van der Waals surface area contributed by atoms with Gasteiger partial charge in [0.15, 0.2) is 15.7 Å². The van der Waals surface area contributed by atoms with Gasteiger partial charge in [-0.3, -0.25) is 24.3 Å². The average Bonchev–Trinajstić information content (AvgIpc) is 3.44. The summed E-state index contributed by atoms with van der Waals surface area (Å²) in [6, 6.07) is 0.676. The van der Waals surface area contributed by atoms with Crippen molar-refractivity contribution < 1.29 is 31.1 Å². The molecule has 0 aliphatic heterocycles. The second-order valence-electron chi connectivity index (χ2n) is 10.6. The molecule has 1 saturated carbocycles. The number of ether oxygens (including phenoxy) is 1. The number of hydrogen-bond donors (Lipinski definition) is 1. The Kier molecular flexibility index (Phi) is 9.11. The summed E-state index contributed by atoms with van der Waals surface area (Å²) in [5.41, 5.74) is -0.328. The quantitative estimate of drug-likeness (QED) is 0.284. The minimum atomic E-state index is -4.79. The van der Waals surface area contributed by atoms with Crippen molar-refractivity contribution in [1.82, 2.24) is 34.7 Å². The molecule has 17 heteroatoms. The summed E-state index contributed by atoms with van der Waals surface area (Å²) in [7, 11) is -0.498. The maximum absolute atomic E-state index is 13.9. The van der Waals surface area contributed by atoms with E-state index in [-0.39, 0.29) is 41.0 Å². The standard InChI is InChI=1S/C28H30F3N9O4S/c1-39-15-18(10-36-39)23-13-34-24(14-33-23)40(25(41)16-44-2)20-6-4-19(5-7-20)37-27-35-12-22(28(29,30)31)26(38-27)17-8-21(11-32-9-17)45(3,42)43/h8-15,19-20H,4-7,16H2,1-3H3,(H,35,37,38)/t19-,20-. The van der Waals surface area contributed by atoms with Crippen molar-refractivity contribution in [3.63, 3.8) is 0 Å². The number of aromatic nitrogens is 7. The first-order valence-electron chi connectivity index (χ1n) is 13.8. The number of carbonyl (C=O) groups is 1. The minimum Gasteiger partial charge on any atom is -0.375 e. The number of alkyl halides is 3. The maximum atomic E-state index is 13.9. The molecule has 0 radical (unpaired) electrons. The van der Waals surface area contributed by atoms with Crippen LogP contribution in [0, 0.1) is 0 Å². The number of halogens is 3. The zero-order chi connectivity index (χ0) is 32.4. The Labute approximate surface area is 256 Å². The third-order valence-corrected chi connectivity index (χ3v) is 8.41. The number of pyridine rings is 1. The lowest BCUT2D eigenvalue weighted by Gasteiger charge is -2.36. The van der Waals surface area contributed by atoms with Crippen LogP contribution in [0.4, 0.5) is 24.9 Å². The van der Waals surface area contributed by atoms with Crippen LogP contribution in [0.15, 0.2) is 54.3 Å². The van der Waals surface area contributed by atoms with Gasteiger partial charge in [0.25, 0.3) is 5.91 Å². The second-order valence-corrected chi connectivity index (χ2v) is 12.7. The number of nitrogens with zero attached hydrogens (tertiary/aromatic N) is 8. The topological polar surface area (TPSA) is 158 Å². The molecular formula is C28H30F3N9O4S. The fraction of sp³-hybridized carbons (Fsp3) is 0.393. The molecule has 1 aliphatic rings. The molecule has 0 aromatic carbocycles. The van der Waals surface area contributed by atoms with Gasteiger partial charge in [-0.2, -0.15) is 18.3 Å². The number of aryl methyl sites for hydroxylation is 1. The number of methoxy groups -OCH3 is 1. The Morgan fingerprint density at radius 2 is 1.80 bits per heavy atom. The lowest BCUT2D eigenvalue weighted by atomic mass is 9.90. The molecule has 4 aromatic rings. The fourth-order valence-corrected chi connectivity index (χ4v) is 5.74. The number of nitrogens with one attached hydrogen (secondary N) is 1. The Balaban J connectivity index is 1.33. The van der Waals surface area contributed by atoms with Crippen molar-refractivity contribution in [3.8, 4) is 22.5 Å². The summed E-state index contributed by atoms with van der Waals surface area (Å²) in [4.78, 5) is 35.3. The molecule has 1 N–H and O–H groups in total. The van der Waals surface area contributed by atoms with E-state index in [9.17, 15) is 26.4 Å². The molecule has 1 fully saturated rings. The first-order valence-corrected chi connectivity index (χ1v) is 15.7. The Hall–Kier alpha value is -4.51. The van der Waals surface area contributed by atoms with Crippen molar-refractivity contribution in [3.05, 3.63) is 55.0 Å². The predicted octanol–water partition coefficient (Wildman–Crippen LogP) is 3.55. The summed E-state index contributed by atoms with van der Waals surface area (Å²) >= 11 is 0. The molecule has 4 aromatic heterocycles. The van der Waals surface area contributed by atoms with Gasteiger partial charge in [0.2, 0.25) is 5.95 Å². The summed E-state index contributed by atoms with van der Waals surface area (Å²) in [6.45, 7) is -0.151. The van der Waals surface area contributed by atoms with Gasteiger partial charge in [0.05, 0.1) is 34.9 Å². The van der Waals surface area contributed by atoms with Crippen LogP contribution in [-0.2, 0) is 32.6 Å². The van der Waals surface area contributed by atoms with Gasteiger partial charge in [-0.25, -0.2) is 23.4 Å². The van der Waals surface area contributed by atoms with E-state index in [1.54, 1.807) is 35.2 Å².